The zero-order chi connectivity index (χ0) is 26.8. The summed E-state index contributed by atoms with van der Waals surface area (Å²) in [6, 6.07) is 7.78. The molecule has 0 saturated carbocycles. The number of piperidine rings is 1. The van der Waals surface area contributed by atoms with Crippen LogP contribution >= 0.6 is 15.9 Å². The van der Waals surface area contributed by atoms with Gasteiger partial charge in [-0.15, -0.1) is 0 Å². The Morgan fingerprint density at radius 2 is 2.05 bits per heavy atom. The van der Waals surface area contributed by atoms with Gasteiger partial charge in [0.05, 0.1) is 11.2 Å². The standard InChI is InChI=1S/C29H42BrN5OSi/c1-8-21-17-31-28(32-22-11-10-14-35(18-22)29(2,3)4)33-26(21)24-19-34(20-36-15-16-37(5,6)7)27-23(24)12-9-13-25(27)30/h8-9,12-13,17,19,22H,1,10-11,14-16,18,20H2,2-7H3,(H,31,32,33)/t22-/m0/s1. The molecule has 1 atom stereocenters. The molecule has 1 aliphatic rings. The van der Waals surface area contributed by atoms with Crippen LogP contribution in [0.25, 0.3) is 28.2 Å². The van der Waals surface area contributed by atoms with Crippen LogP contribution in [0.4, 0.5) is 5.95 Å². The summed E-state index contributed by atoms with van der Waals surface area (Å²) >= 11 is 3.77. The largest absolute Gasteiger partial charge is 0.361 e. The molecule has 8 heteroatoms. The average Bonchev–Trinajstić information content (AvgIpc) is 3.20. The summed E-state index contributed by atoms with van der Waals surface area (Å²) in [5, 5.41) is 4.76. The molecule has 37 heavy (non-hydrogen) atoms. The third kappa shape index (κ3) is 6.91. The highest BCUT2D eigenvalue weighted by Crippen LogP contribution is 2.36. The van der Waals surface area contributed by atoms with Gasteiger partial charge in [-0.25, -0.2) is 9.97 Å². The highest BCUT2D eigenvalue weighted by atomic mass is 79.9. The summed E-state index contributed by atoms with van der Waals surface area (Å²) in [5.41, 5.74) is 4.14. The van der Waals surface area contributed by atoms with Crippen molar-refractivity contribution in [3.05, 3.63) is 47.2 Å². The summed E-state index contributed by atoms with van der Waals surface area (Å²) in [6.45, 7) is 21.4. The normalized spacial score (nSPS) is 17.3. The number of ether oxygens (including phenoxy) is 1. The van der Waals surface area contributed by atoms with E-state index in [-0.39, 0.29) is 5.54 Å². The molecular weight excluding hydrogens is 542 g/mol. The summed E-state index contributed by atoms with van der Waals surface area (Å²) in [5.74, 6) is 0.670. The van der Waals surface area contributed by atoms with E-state index >= 15 is 0 Å². The maximum Gasteiger partial charge on any atom is 0.223 e. The van der Waals surface area contributed by atoms with E-state index in [1.165, 1.54) is 6.42 Å². The summed E-state index contributed by atoms with van der Waals surface area (Å²) < 4.78 is 9.36. The predicted molar refractivity (Wildman–Crippen MR) is 163 cm³/mol. The molecule has 0 unspecified atom stereocenters. The van der Waals surface area contributed by atoms with Gasteiger partial charge in [-0.1, -0.05) is 44.4 Å². The summed E-state index contributed by atoms with van der Waals surface area (Å²) in [7, 11) is -1.14. The van der Waals surface area contributed by atoms with E-state index in [2.05, 4.69) is 107 Å². The third-order valence-corrected chi connectivity index (χ3v) is 9.42. The molecule has 0 amide bonds. The lowest BCUT2D eigenvalue weighted by Gasteiger charge is -2.41. The van der Waals surface area contributed by atoms with Crippen molar-refractivity contribution < 1.29 is 4.74 Å². The Hall–Kier alpha value is -2.00. The molecule has 1 aromatic carbocycles. The molecule has 200 valence electrons. The Bertz CT molecular complexity index is 1240. The minimum atomic E-state index is -1.14. The first-order valence-electron chi connectivity index (χ1n) is 13.3. The fourth-order valence-electron chi connectivity index (χ4n) is 4.86. The molecule has 0 radical (unpaired) electrons. The molecular formula is C29H42BrN5OSi. The SMILES string of the molecule is C=Cc1cnc(N[C@H]2CCCN(C(C)(C)C)C2)nc1-c1cn(COCC[Si](C)(C)C)c2c(Br)cccc12. The molecule has 3 heterocycles. The van der Waals surface area contributed by atoms with Crippen molar-refractivity contribution >= 4 is 46.9 Å². The first-order valence-corrected chi connectivity index (χ1v) is 17.8. The number of nitrogens with zero attached hydrogens (tertiary/aromatic N) is 4. The molecule has 0 bridgehead atoms. The number of nitrogens with one attached hydrogen (secondary N) is 1. The number of aromatic nitrogens is 3. The molecule has 3 aromatic rings. The van der Waals surface area contributed by atoms with E-state index in [4.69, 9.17) is 9.72 Å². The van der Waals surface area contributed by atoms with Crippen molar-refractivity contribution in [2.75, 3.05) is 25.0 Å². The van der Waals surface area contributed by atoms with E-state index in [1.807, 2.05) is 12.3 Å². The van der Waals surface area contributed by atoms with Crippen molar-refractivity contribution in [1.82, 2.24) is 19.4 Å². The monoisotopic (exact) mass is 583 g/mol. The number of fused-ring (bicyclic) bond motifs is 1. The van der Waals surface area contributed by atoms with Crippen LogP contribution in [0.2, 0.25) is 25.7 Å². The van der Waals surface area contributed by atoms with Crippen molar-refractivity contribution in [1.29, 1.82) is 0 Å². The van der Waals surface area contributed by atoms with Crippen LogP contribution in [0.5, 0.6) is 0 Å². The first kappa shape index (κ1) is 28.0. The lowest BCUT2D eigenvalue weighted by Crippen LogP contribution is -2.50. The summed E-state index contributed by atoms with van der Waals surface area (Å²) in [4.78, 5) is 12.2. The fraction of sp³-hybridized carbons (Fsp3) is 0.517. The Morgan fingerprint density at radius 3 is 2.76 bits per heavy atom. The fourth-order valence-corrected chi connectivity index (χ4v) is 6.21. The second-order valence-corrected chi connectivity index (χ2v) is 18.8. The topological polar surface area (TPSA) is 55.2 Å². The number of halogens is 1. The smallest absolute Gasteiger partial charge is 0.223 e. The Labute approximate surface area is 231 Å². The van der Waals surface area contributed by atoms with Crippen LogP contribution in [0.15, 0.2) is 41.6 Å². The van der Waals surface area contributed by atoms with E-state index in [9.17, 15) is 0 Å². The zero-order valence-corrected chi connectivity index (χ0v) is 25.9. The molecule has 6 nitrogen and oxygen atoms in total. The average molecular weight is 585 g/mol. The molecule has 0 aliphatic carbocycles. The zero-order valence-electron chi connectivity index (χ0n) is 23.3. The van der Waals surface area contributed by atoms with Crippen molar-refractivity contribution in [3.8, 4) is 11.3 Å². The van der Waals surface area contributed by atoms with Gasteiger partial charge in [0, 0.05) is 66.2 Å². The number of likely N-dealkylation sites (tertiary alicyclic amines) is 1. The third-order valence-electron chi connectivity index (χ3n) is 7.07. The van der Waals surface area contributed by atoms with Gasteiger partial charge in [0.2, 0.25) is 5.95 Å². The number of hydrogen-bond acceptors (Lipinski definition) is 5. The van der Waals surface area contributed by atoms with E-state index in [0.717, 1.165) is 64.4 Å². The minimum Gasteiger partial charge on any atom is -0.361 e. The van der Waals surface area contributed by atoms with Crippen molar-refractivity contribution in [2.24, 2.45) is 0 Å². The van der Waals surface area contributed by atoms with Crippen LogP contribution in [0.1, 0.15) is 39.2 Å². The van der Waals surface area contributed by atoms with E-state index < -0.39 is 8.07 Å². The van der Waals surface area contributed by atoms with Crippen LogP contribution in [-0.2, 0) is 11.5 Å². The Balaban J connectivity index is 1.64. The van der Waals surface area contributed by atoms with Crippen molar-refractivity contribution in [2.45, 2.75) is 77.6 Å². The molecule has 1 aliphatic heterocycles. The number of benzene rings is 1. The number of anilines is 1. The van der Waals surface area contributed by atoms with Crippen LogP contribution in [0, 0.1) is 0 Å². The van der Waals surface area contributed by atoms with Crippen molar-refractivity contribution in [3.63, 3.8) is 0 Å². The first-order chi connectivity index (χ1) is 17.5. The maximum absolute atomic E-state index is 6.13. The van der Waals surface area contributed by atoms with Gasteiger partial charge in [-0.2, -0.15) is 0 Å². The second-order valence-electron chi connectivity index (χ2n) is 12.3. The molecule has 4 rings (SSSR count). The maximum atomic E-state index is 6.13. The molecule has 2 aromatic heterocycles. The quantitative estimate of drug-likeness (QED) is 0.209. The Kier molecular flexibility index (Phi) is 8.63. The molecule has 1 fully saturated rings. The lowest BCUT2D eigenvalue weighted by molar-refractivity contribution is 0.0902. The van der Waals surface area contributed by atoms with Crippen LogP contribution < -0.4 is 5.32 Å². The molecule has 0 spiro atoms. The van der Waals surface area contributed by atoms with Crippen LogP contribution in [0.3, 0.4) is 0 Å². The van der Waals surface area contributed by atoms with Gasteiger partial charge in [0.25, 0.3) is 0 Å². The van der Waals surface area contributed by atoms with Gasteiger partial charge in [0.1, 0.15) is 6.73 Å². The van der Waals surface area contributed by atoms with Gasteiger partial charge >= 0.3 is 0 Å². The van der Waals surface area contributed by atoms with Gasteiger partial charge in [0.15, 0.2) is 0 Å². The van der Waals surface area contributed by atoms with Gasteiger partial charge in [-0.05, 0) is 68.2 Å². The number of hydrogen-bond donors (Lipinski definition) is 1. The molecule has 1 saturated heterocycles. The second kappa shape index (κ2) is 11.4. The Morgan fingerprint density at radius 1 is 1.27 bits per heavy atom. The highest BCUT2D eigenvalue weighted by Gasteiger charge is 2.28. The van der Waals surface area contributed by atoms with E-state index in [1.54, 1.807) is 0 Å². The lowest BCUT2D eigenvalue weighted by atomic mass is 9.98. The predicted octanol–water partition coefficient (Wildman–Crippen LogP) is 7.49. The number of para-hydroxylation sites is 1. The number of rotatable bonds is 9. The summed E-state index contributed by atoms with van der Waals surface area (Å²) in [6.07, 6.45) is 8.17. The van der Waals surface area contributed by atoms with Gasteiger partial charge in [-0.3, -0.25) is 4.90 Å². The minimum absolute atomic E-state index is 0.158. The highest BCUT2D eigenvalue weighted by molar-refractivity contribution is 9.10. The van der Waals surface area contributed by atoms with E-state index in [0.29, 0.717) is 18.7 Å². The van der Waals surface area contributed by atoms with Gasteiger partial charge < -0.3 is 14.6 Å². The molecule has 1 N–H and O–H groups in total. The van der Waals surface area contributed by atoms with Crippen LogP contribution in [-0.4, -0.2) is 58.8 Å².